The molecule has 1 aliphatic carbocycles. The maximum atomic E-state index is 13.7. The van der Waals surface area contributed by atoms with Gasteiger partial charge in [0.2, 0.25) is 0 Å². The van der Waals surface area contributed by atoms with Gasteiger partial charge in [0.25, 0.3) is 5.91 Å². The molecule has 35 heavy (non-hydrogen) atoms. The summed E-state index contributed by atoms with van der Waals surface area (Å²) in [5.41, 5.74) is -1.15. The Morgan fingerprint density at radius 2 is 1.49 bits per heavy atom. The molecule has 1 N–H and O–H groups in total. The molecule has 0 aliphatic heterocycles. The number of carbonyl (C=O) groups is 2. The van der Waals surface area contributed by atoms with Gasteiger partial charge in [-0.25, -0.2) is 4.79 Å². The SMILES string of the molecule is O=C(c1ccccc1)N(Cc1ccccc1C(F)(F)F)C1(C(=O)O)C=CC(c2ccccc2)=CC1. The third-order valence-electron chi connectivity index (χ3n) is 6.05. The van der Waals surface area contributed by atoms with Gasteiger partial charge in [-0.05, 0) is 41.0 Å². The molecule has 4 rings (SSSR count). The van der Waals surface area contributed by atoms with Crippen LogP contribution in [0.4, 0.5) is 13.2 Å². The molecule has 0 heterocycles. The standard InChI is InChI=1S/C28H22F3NO3/c29-28(30,31)24-14-8-7-13-23(24)19-32(25(33)22-11-5-2-6-12-22)27(26(34)35)17-15-21(16-18-27)20-9-3-1-4-10-20/h1-17H,18-19H2,(H,34,35). The van der Waals surface area contributed by atoms with Crippen LogP contribution in [0.5, 0.6) is 0 Å². The lowest BCUT2D eigenvalue weighted by Crippen LogP contribution is -2.56. The molecule has 0 saturated heterocycles. The summed E-state index contributed by atoms with van der Waals surface area (Å²) in [7, 11) is 0. The van der Waals surface area contributed by atoms with Crippen LogP contribution >= 0.6 is 0 Å². The van der Waals surface area contributed by atoms with Gasteiger partial charge in [-0.2, -0.15) is 13.2 Å². The van der Waals surface area contributed by atoms with E-state index in [0.29, 0.717) is 0 Å². The van der Waals surface area contributed by atoms with Crippen molar-refractivity contribution >= 4 is 17.4 Å². The third kappa shape index (κ3) is 4.89. The molecule has 0 radical (unpaired) electrons. The minimum atomic E-state index is -4.66. The third-order valence-corrected chi connectivity index (χ3v) is 6.05. The summed E-state index contributed by atoms with van der Waals surface area (Å²) in [6, 6.07) is 22.2. The molecule has 3 aromatic rings. The quantitative estimate of drug-likeness (QED) is 0.459. The normalized spacial score (nSPS) is 17.5. The fraction of sp³-hybridized carbons (Fsp3) is 0.143. The van der Waals surface area contributed by atoms with Crippen molar-refractivity contribution in [1.29, 1.82) is 0 Å². The number of halogens is 3. The van der Waals surface area contributed by atoms with Gasteiger partial charge in [0.1, 0.15) is 0 Å². The van der Waals surface area contributed by atoms with Crippen molar-refractivity contribution in [3.63, 3.8) is 0 Å². The van der Waals surface area contributed by atoms with E-state index in [2.05, 4.69) is 0 Å². The van der Waals surface area contributed by atoms with Crippen molar-refractivity contribution in [2.75, 3.05) is 0 Å². The van der Waals surface area contributed by atoms with Crippen LogP contribution in [0, 0.1) is 0 Å². The maximum Gasteiger partial charge on any atom is 0.416 e. The Hall–Kier alpha value is -4.13. The van der Waals surface area contributed by atoms with Crippen LogP contribution in [0.2, 0.25) is 0 Å². The summed E-state index contributed by atoms with van der Waals surface area (Å²) in [4.78, 5) is 27.3. The van der Waals surface area contributed by atoms with Crippen LogP contribution in [-0.2, 0) is 17.5 Å². The molecule has 1 amide bonds. The molecular weight excluding hydrogens is 455 g/mol. The predicted molar refractivity (Wildman–Crippen MR) is 126 cm³/mol. The van der Waals surface area contributed by atoms with Gasteiger partial charge in [-0.15, -0.1) is 0 Å². The first kappa shape index (κ1) is 24.0. The number of hydrogen-bond donors (Lipinski definition) is 1. The Labute approximate surface area is 200 Å². The Balaban J connectivity index is 1.80. The molecular formula is C28H22F3NO3. The van der Waals surface area contributed by atoms with Crippen molar-refractivity contribution in [2.24, 2.45) is 0 Å². The molecule has 7 heteroatoms. The number of alkyl halides is 3. The zero-order valence-corrected chi connectivity index (χ0v) is 18.6. The second-order valence-corrected chi connectivity index (χ2v) is 8.20. The molecule has 0 saturated carbocycles. The van der Waals surface area contributed by atoms with Crippen molar-refractivity contribution in [2.45, 2.75) is 24.7 Å². The highest BCUT2D eigenvalue weighted by Gasteiger charge is 2.46. The number of aliphatic carboxylic acids is 1. The Kier molecular flexibility index (Phi) is 6.60. The largest absolute Gasteiger partial charge is 0.479 e. The van der Waals surface area contributed by atoms with Crippen molar-refractivity contribution in [3.8, 4) is 0 Å². The van der Waals surface area contributed by atoms with E-state index in [9.17, 15) is 27.9 Å². The zero-order chi connectivity index (χ0) is 25.1. The van der Waals surface area contributed by atoms with E-state index in [1.807, 2.05) is 30.3 Å². The number of rotatable bonds is 6. The predicted octanol–water partition coefficient (Wildman–Crippen LogP) is 6.21. The maximum absolute atomic E-state index is 13.7. The lowest BCUT2D eigenvalue weighted by molar-refractivity contribution is -0.147. The summed E-state index contributed by atoms with van der Waals surface area (Å²) >= 11 is 0. The average Bonchev–Trinajstić information content (AvgIpc) is 2.87. The van der Waals surface area contributed by atoms with Gasteiger partial charge < -0.3 is 10.0 Å². The lowest BCUT2D eigenvalue weighted by atomic mass is 9.84. The minimum absolute atomic E-state index is 0.101. The van der Waals surface area contributed by atoms with Crippen LogP contribution in [0.1, 0.15) is 33.5 Å². The molecule has 178 valence electrons. The number of carbonyl (C=O) groups excluding carboxylic acids is 1. The molecule has 1 aliphatic rings. The van der Waals surface area contributed by atoms with Crippen LogP contribution in [0.3, 0.4) is 0 Å². The topological polar surface area (TPSA) is 57.6 Å². The van der Waals surface area contributed by atoms with E-state index >= 15 is 0 Å². The van der Waals surface area contributed by atoms with Crippen LogP contribution in [0.15, 0.2) is 103 Å². The van der Waals surface area contributed by atoms with Crippen molar-refractivity contribution in [3.05, 3.63) is 125 Å². The number of amides is 1. The summed E-state index contributed by atoms with van der Waals surface area (Å²) in [6.07, 6.45) is -0.0555. The highest BCUT2D eigenvalue weighted by atomic mass is 19.4. The van der Waals surface area contributed by atoms with Crippen LogP contribution in [0.25, 0.3) is 5.57 Å². The van der Waals surface area contributed by atoms with Gasteiger partial charge in [0.05, 0.1) is 5.56 Å². The van der Waals surface area contributed by atoms with Gasteiger partial charge in [-0.3, -0.25) is 4.79 Å². The zero-order valence-electron chi connectivity index (χ0n) is 18.6. The van der Waals surface area contributed by atoms with E-state index in [0.717, 1.165) is 22.1 Å². The number of nitrogens with zero attached hydrogens (tertiary/aromatic N) is 1. The fourth-order valence-corrected chi connectivity index (χ4v) is 4.18. The van der Waals surface area contributed by atoms with Crippen molar-refractivity contribution in [1.82, 2.24) is 4.90 Å². The van der Waals surface area contributed by atoms with E-state index in [-0.39, 0.29) is 17.5 Å². The summed E-state index contributed by atoms with van der Waals surface area (Å²) in [5, 5.41) is 10.3. The van der Waals surface area contributed by atoms with Gasteiger partial charge in [-0.1, -0.05) is 78.9 Å². The van der Waals surface area contributed by atoms with E-state index in [4.69, 9.17) is 0 Å². The molecule has 4 nitrogen and oxygen atoms in total. The Bertz CT molecular complexity index is 1280. The molecule has 0 bridgehead atoms. The molecule has 1 atom stereocenters. The lowest BCUT2D eigenvalue weighted by Gasteiger charge is -2.40. The molecule has 0 fully saturated rings. The first-order valence-electron chi connectivity index (χ1n) is 10.9. The number of hydrogen-bond acceptors (Lipinski definition) is 2. The Morgan fingerprint density at radius 3 is 2.06 bits per heavy atom. The number of allylic oxidation sites excluding steroid dienone is 2. The summed E-state index contributed by atoms with van der Waals surface area (Å²) in [5.74, 6) is -2.00. The first-order chi connectivity index (χ1) is 16.7. The second-order valence-electron chi connectivity index (χ2n) is 8.20. The van der Waals surface area contributed by atoms with E-state index in [1.54, 1.807) is 30.4 Å². The van der Waals surface area contributed by atoms with Crippen LogP contribution < -0.4 is 0 Å². The average molecular weight is 477 g/mol. The molecule has 3 aromatic carbocycles. The highest BCUT2D eigenvalue weighted by Crippen LogP contribution is 2.37. The summed E-state index contributed by atoms with van der Waals surface area (Å²) < 4.78 is 41.1. The van der Waals surface area contributed by atoms with Gasteiger partial charge in [0.15, 0.2) is 5.54 Å². The Morgan fingerprint density at radius 1 is 0.886 bits per heavy atom. The molecule has 0 aromatic heterocycles. The number of carboxylic acids is 1. The number of carboxylic acid groups (broad SMARTS) is 1. The first-order valence-corrected chi connectivity index (χ1v) is 10.9. The highest BCUT2D eigenvalue weighted by molar-refractivity contribution is 5.99. The van der Waals surface area contributed by atoms with Crippen molar-refractivity contribution < 1.29 is 27.9 Å². The smallest absolute Gasteiger partial charge is 0.416 e. The second kappa shape index (κ2) is 9.62. The van der Waals surface area contributed by atoms with E-state index in [1.165, 1.54) is 36.4 Å². The molecule has 0 spiro atoms. The van der Waals surface area contributed by atoms with Gasteiger partial charge >= 0.3 is 12.1 Å². The fourth-order valence-electron chi connectivity index (χ4n) is 4.18. The van der Waals surface area contributed by atoms with E-state index < -0.39 is 35.7 Å². The minimum Gasteiger partial charge on any atom is -0.479 e. The number of benzene rings is 3. The van der Waals surface area contributed by atoms with Crippen LogP contribution in [-0.4, -0.2) is 27.4 Å². The monoisotopic (exact) mass is 477 g/mol. The summed E-state index contributed by atoms with van der Waals surface area (Å²) in [6.45, 7) is -0.533. The van der Waals surface area contributed by atoms with Gasteiger partial charge in [0, 0.05) is 18.5 Å². The molecule has 1 unspecified atom stereocenters.